The van der Waals surface area contributed by atoms with Crippen molar-refractivity contribution in [3.63, 3.8) is 0 Å². The maximum absolute atomic E-state index is 12.0. The summed E-state index contributed by atoms with van der Waals surface area (Å²) >= 11 is 0. The normalized spacial score (nSPS) is 10.7. The van der Waals surface area contributed by atoms with Gasteiger partial charge in [0, 0.05) is 0 Å². The third-order valence-electron chi connectivity index (χ3n) is 2.30. The van der Waals surface area contributed by atoms with Gasteiger partial charge in [0.25, 0.3) is 0 Å². The van der Waals surface area contributed by atoms with Crippen LogP contribution in [0.1, 0.15) is 54.0 Å². The summed E-state index contributed by atoms with van der Waals surface area (Å²) in [7, 11) is 0. The van der Waals surface area contributed by atoms with Crippen LogP contribution in [0.2, 0.25) is 0 Å². The lowest BCUT2D eigenvalue weighted by Crippen LogP contribution is -2.19. The summed E-state index contributed by atoms with van der Waals surface area (Å²) in [5.74, 6) is -1.01. The maximum atomic E-state index is 12.0. The minimum absolute atomic E-state index is 0.234. The Morgan fingerprint density at radius 2 is 1.37 bits per heavy atom. The summed E-state index contributed by atoms with van der Waals surface area (Å²) in [6.45, 7) is 8.90. The molecule has 0 aliphatic heterocycles. The largest absolute Gasteiger partial charge is 0.459 e. The zero-order valence-corrected chi connectivity index (χ0v) is 12.0. The van der Waals surface area contributed by atoms with Gasteiger partial charge in [-0.1, -0.05) is 11.6 Å². The van der Waals surface area contributed by atoms with E-state index in [0.717, 1.165) is 5.56 Å². The highest BCUT2D eigenvalue weighted by Crippen LogP contribution is 2.16. The third kappa shape index (κ3) is 4.39. The molecule has 1 rings (SSSR count). The zero-order valence-electron chi connectivity index (χ0n) is 12.0. The molecule has 0 saturated heterocycles. The fourth-order valence-corrected chi connectivity index (χ4v) is 1.56. The number of hydrogen-bond acceptors (Lipinski definition) is 4. The maximum Gasteiger partial charge on any atom is 0.339 e. The second-order valence-electron chi connectivity index (χ2n) is 4.96. The molecular weight excluding hydrogens is 244 g/mol. The molecule has 0 bridgehead atoms. The van der Waals surface area contributed by atoms with Crippen LogP contribution in [-0.4, -0.2) is 24.1 Å². The minimum atomic E-state index is -0.509. The molecule has 0 fully saturated rings. The Morgan fingerprint density at radius 3 is 1.84 bits per heavy atom. The van der Waals surface area contributed by atoms with Crippen molar-refractivity contribution in [2.24, 2.45) is 0 Å². The van der Waals surface area contributed by atoms with Crippen LogP contribution >= 0.6 is 0 Å². The highest BCUT2D eigenvalue weighted by atomic mass is 16.5. The van der Waals surface area contributed by atoms with Gasteiger partial charge in [0.1, 0.15) is 0 Å². The Kier molecular flexibility index (Phi) is 5.10. The summed E-state index contributed by atoms with van der Waals surface area (Å²) in [4.78, 5) is 23.9. The first-order chi connectivity index (χ1) is 8.81. The molecule has 0 atom stereocenters. The molecule has 1 aromatic rings. The van der Waals surface area contributed by atoms with Gasteiger partial charge < -0.3 is 9.47 Å². The number of carbonyl (C=O) groups excluding carboxylic acids is 2. The number of ether oxygens (including phenoxy) is 2. The number of hydrogen-bond donors (Lipinski definition) is 0. The average molecular weight is 264 g/mol. The van der Waals surface area contributed by atoms with E-state index in [2.05, 4.69) is 0 Å². The summed E-state index contributed by atoms with van der Waals surface area (Å²) in [5.41, 5.74) is 1.38. The highest BCUT2D eigenvalue weighted by molar-refractivity contribution is 6.03. The summed E-state index contributed by atoms with van der Waals surface area (Å²) in [6.07, 6.45) is -0.468. The van der Waals surface area contributed by atoms with Crippen LogP contribution in [0.25, 0.3) is 0 Å². The molecule has 0 heterocycles. The molecule has 0 amide bonds. The Bertz CT molecular complexity index is 475. The molecule has 4 heteroatoms. The third-order valence-corrected chi connectivity index (χ3v) is 2.30. The van der Waals surface area contributed by atoms with Crippen LogP contribution in [0.15, 0.2) is 18.2 Å². The van der Waals surface area contributed by atoms with E-state index in [1.165, 1.54) is 0 Å². The van der Waals surface area contributed by atoms with E-state index in [4.69, 9.17) is 9.47 Å². The molecule has 0 radical (unpaired) electrons. The van der Waals surface area contributed by atoms with Crippen LogP contribution < -0.4 is 0 Å². The Morgan fingerprint density at radius 1 is 0.895 bits per heavy atom. The summed E-state index contributed by atoms with van der Waals surface area (Å²) in [5, 5.41) is 0. The van der Waals surface area contributed by atoms with Gasteiger partial charge >= 0.3 is 11.9 Å². The van der Waals surface area contributed by atoms with Gasteiger partial charge in [0.05, 0.1) is 23.3 Å². The smallest absolute Gasteiger partial charge is 0.339 e. The minimum Gasteiger partial charge on any atom is -0.459 e. The predicted molar refractivity (Wildman–Crippen MR) is 72.3 cm³/mol. The van der Waals surface area contributed by atoms with Crippen molar-refractivity contribution in [1.29, 1.82) is 0 Å². The molecule has 0 aliphatic rings. The molecule has 4 nitrogen and oxygen atoms in total. The molecule has 0 spiro atoms. The van der Waals surface area contributed by atoms with Crippen LogP contribution in [0.5, 0.6) is 0 Å². The van der Waals surface area contributed by atoms with E-state index in [0.29, 0.717) is 0 Å². The number of rotatable bonds is 4. The monoisotopic (exact) mass is 264 g/mol. The van der Waals surface area contributed by atoms with E-state index < -0.39 is 11.9 Å². The number of carbonyl (C=O) groups is 2. The quantitative estimate of drug-likeness (QED) is 0.784. The van der Waals surface area contributed by atoms with Gasteiger partial charge in [0.15, 0.2) is 0 Å². The van der Waals surface area contributed by atoms with E-state index in [1.807, 2.05) is 6.92 Å². The highest BCUT2D eigenvalue weighted by Gasteiger charge is 2.21. The van der Waals surface area contributed by atoms with E-state index in [9.17, 15) is 9.59 Å². The van der Waals surface area contributed by atoms with E-state index in [-0.39, 0.29) is 23.3 Å². The van der Waals surface area contributed by atoms with Gasteiger partial charge in [0.2, 0.25) is 0 Å². The van der Waals surface area contributed by atoms with Crippen molar-refractivity contribution < 1.29 is 19.1 Å². The summed E-state index contributed by atoms with van der Waals surface area (Å²) in [6, 6.07) is 5.00. The SMILES string of the molecule is Cc1ccc(C(=O)OC(C)C)c(C(=O)OC(C)C)c1. The molecular formula is C15H20O4. The Labute approximate surface area is 113 Å². The fraction of sp³-hybridized carbons (Fsp3) is 0.467. The van der Waals surface area contributed by atoms with Gasteiger partial charge in [-0.2, -0.15) is 0 Å². The zero-order chi connectivity index (χ0) is 14.6. The molecule has 0 N–H and O–H groups in total. The van der Waals surface area contributed by atoms with Gasteiger partial charge in [-0.25, -0.2) is 9.59 Å². The van der Waals surface area contributed by atoms with E-state index >= 15 is 0 Å². The number of benzene rings is 1. The lowest BCUT2D eigenvalue weighted by atomic mass is 10.0. The topological polar surface area (TPSA) is 52.6 Å². The lowest BCUT2D eigenvalue weighted by Gasteiger charge is -2.13. The second-order valence-corrected chi connectivity index (χ2v) is 4.96. The van der Waals surface area contributed by atoms with Crippen molar-refractivity contribution in [1.82, 2.24) is 0 Å². The molecule has 0 aromatic heterocycles. The first-order valence-electron chi connectivity index (χ1n) is 6.34. The molecule has 1 aromatic carbocycles. The van der Waals surface area contributed by atoms with Crippen molar-refractivity contribution in [2.45, 2.75) is 46.8 Å². The lowest BCUT2D eigenvalue weighted by molar-refractivity contribution is 0.0328. The first-order valence-corrected chi connectivity index (χ1v) is 6.34. The number of esters is 2. The van der Waals surface area contributed by atoms with E-state index in [1.54, 1.807) is 45.9 Å². The Hall–Kier alpha value is -1.84. The molecule has 0 aliphatic carbocycles. The van der Waals surface area contributed by atoms with Crippen molar-refractivity contribution >= 4 is 11.9 Å². The Balaban J connectivity index is 3.11. The van der Waals surface area contributed by atoms with Gasteiger partial charge in [-0.15, -0.1) is 0 Å². The van der Waals surface area contributed by atoms with Crippen molar-refractivity contribution in [3.05, 3.63) is 34.9 Å². The predicted octanol–water partition coefficient (Wildman–Crippen LogP) is 3.13. The molecule has 0 saturated carbocycles. The number of aryl methyl sites for hydroxylation is 1. The average Bonchev–Trinajstić information content (AvgIpc) is 2.26. The van der Waals surface area contributed by atoms with Crippen molar-refractivity contribution in [3.8, 4) is 0 Å². The van der Waals surface area contributed by atoms with Crippen LogP contribution in [0.4, 0.5) is 0 Å². The first kappa shape index (κ1) is 15.2. The molecule has 104 valence electrons. The van der Waals surface area contributed by atoms with Gasteiger partial charge in [-0.3, -0.25) is 0 Å². The van der Waals surface area contributed by atoms with Crippen LogP contribution in [0, 0.1) is 6.92 Å². The molecule has 19 heavy (non-hydrogen) atoms. The fourth-order valence-electron chi connectivity index (χ4n) is 1.56. The van der Waals surface area contributed by atoms with Crippen LogP contribution in [0.3, 0.4) is 0 Å². The van der Waals surface area contributed by atoms with Gasteiger partial charge in [-0.05, 0) is 46.8 Å². The standard InChI is InChI=1S/C15H20O4/c1-9(2)18-14(16)12-7-6-11(5)8-13(12)15(17)19-10(3)4/h6-10H,1-5H3. The van der Waals surface area contributed by atoms with Crippen molar-refractivity contribution in [2.75, 3.05) is 0 Å². The van der Waals surface area contributed by atoms with Crippen LogP contribution in [-0.2, 0) is 9.47 Å². The summed E-state index contributed by atoms with van der Waals surface area (Å²) < 4.78 is 10.3. The second kappa shape index (κ2) is 6.36. The molecule has 0 unspecified atom stereocenters.